The molecular formula is C11H11N5O. The second-order valence-corrected chi connectivity index (χ2v) is 3.87. The summed E-state index contributed by atoms with van der Waals surface area (Å²) in [4.78, 5) is 17.5. The highest BCUT2D eigenvalue weighted by atomic mass is 16.2. The van der Waals surface area contributed by atoms with Gasteiger partial charge in [0.15, 0.2) is 0 Å². The average molecular weight is 229 g/mol. The van der Waals surface area contributed by atoms with Crippen LogP contribution in [0.1, 0.15) is 0 Å². The Morgan fingerprint density at radius 2 is 2.00 bits per heavy atom. The van der Waals surface area contributed by atoms with E-state index in [-0.39, 0.29) is 5.91 Å². The molecule has 0 aliphatic carbocycles. The van der Waals surface area contributed by atoms with Crippen LogP contribution in [0.15, 0.2) is 24.3 Å². The lowest BCUT2D eigenvalue weighted by Crippen LogP contribution is -2.48. The summed E-state index contributed by atoms with van der Waals surface area (Å²) < 4.78 is 0. The SMILES string of the molecule is O=C1CN(c2nnc3ccccc3n2)CCN1. The fourth-order valence-electron chi connectivity index (χ4n) is 1.82. The standard InChI is InChI=1S/C11H11N5O/c17-10-7-16(6-5-12-10)11-13-8-3-1-2-4-9(8)14-15-11/h1-4H,5-7H2,(H,12,17). The lowest BCUT2D eigenvalue weighted by molar-refractivity contribution is -0.120. The van der Waals surface area contributed by atoms with Gasteiger partial charge in [0, 0.05) is 13.1 Å². The van der Waals surface area contributed by atoms with Crippen molar-refractivity contribution in [2.24, 2.45) is 0 Å². The predicted molar refractivity (Wildman–Crippen MR) is 62.6 cm³/mol. The zero-order valence-corrected chi connectivity index (χ0v) is 9.13. The minimum absolute atomic E-state index is 0.00647. The number of benzene rings is 1. The van der Waals surface area contributed by atoms with Gasteiger partial charge in [0.05, 0.1) is 12.1 Å². The Bertz CT molecular complexity index is 571. The van der Waals surface area contributed by atoms with Crippen molar-refractivity contribution in [1.82, 2.24) is 20.5 Å². The highest BCUT2D eigenvalue weighted by Gasteiger charge is 2.19. The van der Waals surface area contributed by atoms with Gasteiger partial charge in [0.2, 0.25) is 11.9 Å². The van der Waals surface area contributed by atoms with Crippen LogP contribution in [0.5, 0.6) is 0 Å². The first-order chi connectivity index (χ1) is 8.33. The third-order valence-electron chi connectivity index (χ3n) is 2.67. The van der Waals surface area contributed by atoms with Crippen molar-refractivity contribution < 1.29 is 4.79 Å². The van der Waals surface area contributed by atoms with Gasteiger partial charge in [-0.25, -0.2) is 4.98 Å². The van der Waals surface area contributed by atoms with Gasteiger partial charge >= 0.3 is 0 Å². The number of hydrogen-bond donors (Lipinski definition) is 1. The van der Waals surface area contributed by atoms with Crippen molar-refractivity contribution in [2.45, 2.75) is 0 Å². The molecule has 2 heterocycles. The third kappa shape index (κ3) is 1.89. The van der Waals surface area contributed by atoms with Crippen LogP contribution in [0.2, 0.25) is 0 Å². The second kappa shape index (κ2) is 3.97. The molecule has 1 amide bonds. The summed E-state index contributed by atoms with van der Waals surface area (Å²) in [5.41, 5.74) is 1.56. The lowest BCUT2D eigenvalue weighted by atomic mass is 10.3. The number of piperazine rings is 1. The van der Waals surface area contributed by atoms with Crippen LogP contribution >= 0.6 is 0 Å². The smallest absolute Gasteiger partial charge is 0.246 e. The van der Waals surface area contributed by atoms with Gasteiger partial charge in [-0.3, -0.25) is 4.79 Å². The van der Waals surface area contributed by atoms with Crippen molar-refractivity contribution in [2.75, 3.05) is 24.5 Å². The minimum Gasteiger partial charge on any atom is -0.353 e. The molecule has 0 unspecified atom stereocenters. The molecule has 0 bridgehead atoms. The maximum Gasteiger partial charge on any atom is 0.246 e. The van der Waals surface area contributed by atoms with Gasteiger partial charge in [-0.15, -0.1) is 10.2 Å². The number of anilines is 1. The van der Waals surface area contributed by atoms with Crippen LogP contribution in [0.4, 0.5) is 5.95 Å². The highest BCUT2D eigenvalue weighted by molar-refractivity contribution is 5.82. The van der Waals surface area contributed by atoms with Crippen LogP contribution in [0.25, 0.3) is 11.0 Å². The first-order valence-electron chi connectivity index (χ1n) is 5.44. The summed E-state index contributed by atoms with van der Waals surface area (Å²) in [6.45, 7) is 1.63. The van der Waals surface area contributed by atoms with E-state index in [9.17, 15) is 4.79 Å². The minimum atomic E-state index is -0.00647. The molecule has 1 fully saturated rings. The van der Waals surface area contributed by atoms with Crippen LogP contribution in [0.3, 0.4) is 0 Å². The molecule has 6 heteroatoms. The van der Waals surface area contributed by atoms with E-state index in [0.29, 0.717) is 25.6 Å². The summed E-state index contributed by atoms with van der Waals surface area (Å²) in [6.07, 6.45) is 0. The maximum atomic E-state index is 11.3. The number of carbonyl (C=O) groups is 1. The van der Waals surface area contributed by atoms with Gasteiger partial charge in [-0.2, -0.15) is 0 Å². The Morgan fingerprint density at radius 1 is 1.18 bits per heavy atom. The summed E-state index contributed by atoms with van der Waals surface area (Å²) in [7, 11) is 0. The van der Waals surface area contributed by atoms with E-state index >= 15 is 0 Å². The maximum absolute atomic E-state index is 11.3. The van der Waals surface area contributed by atoms with Crippen molar-refractivity contribution in [3.05, 3.63) is 24.3 Å². The van der Waals surface area contributed by atoms with Crippen molar-refractivity contribution >= 4 is 22.9 Å². The van der Waals surface area contributed by atoms with Gasteiger partial charge in [-0.05, 0) is 12.1 Å². The molecule has 1 aromatic heterocycles. The van der Waals surface area contributed by atoms with Crippen LogP contribution < -0.4 is 10.2 Å². The fraction of sp³-hybridized carbons (Fsp3) is 0.273. The molecular weight excluding hydrogens is 218 g/mol. The summed E-state index contributed by atoms with van der Waals surface area (Å²) in [5.74, 6) is 0.506. The molecule has 1 aromatic carbocycles. The normalized spacial score (nSPS) is 16.0. The van der Waals surface area contributed by atoms with Gasteiger partial charge < -0.3 is 10.2 Å². The zero-order chi connectivity index (χ0) is 11.7. The largest absolute Gasteiger partial charge is 0.353 e. The van der Waals surface area contributed by atoms with E-state index in [1.165, 1.54) is 0 Å². The molecule has 0 spiro atoms. The van der Waals surface area contributed by atoms with Crippen LogP contribution in [-0.2, 0) is 4.79 Å². The molecule has 0 atom stereocenters. The van der Waals surface area contributed by atoms with E-state index < -0.39 is 0 Å². The molecule has 3 rings (SSSR count). The quantitative estimate of drug-likeness (QED) is 0.743. The fourth-order valence-corrected chi connectivity index (χ4v) is 1.82. The Morgan fingerprint density at radius 3 is 2.82 bits per heavy atom. The molecule has 2 aromatic rings. The summed E-state index contributed by atoms with van der Waals surface area (Å²) in [6, 6.07) is 7.55. The molecule has 0 saturated carbocycles. The zero-order valence-electron chi connectivity index (χ0n) is 9.13. The molecule has 17 heavy (non-hydrogen) atoms. The number of aromatic nitrogens is 3. The van der Waals surface area contributed by atoms with Crippen LogP contribution in [-0.4, -0.2) is 40.7 Å². The number of rotatable bonds is 1. The van der Waals surface area contributed by atoms with Crippen LogP contribution in [0, 0.1) is 0 Å². The number of amides is 1. The van der Waals surface area contributed by atoms with Crippen molar-refractivity contribution in [3.63, 3.8) is 0 Å². The van der Waals surface area contributed by atoms with E-state index in [1.807, 2.05) is 29.2 Å². The van der Waals surface area contributed by atoms with E-state index in [2.05, 4.69) is 20.5 Å². The molecule has 0 radical (unpaired) electrons. The van der Waals surface area contributed by atoms with Gasteiger partial charge in [-0.1, -0.05) is 12.1 Å². The average Bonchev–Trinajstić information content (AvgIpc) is 2.38. The highest BCUT2D eigenvalue weighted by Crippen LogP contribution is 2.12. The number of hydrogen-bond acceptors (Lipinski definition) is 5. The number of nitrogens with one attached hydrogen (secondary N) is 1. The topological polar surface area (TPSA) is 71.0 Å². The first kappa shape index (κ1) is 9.95. The Kier molecular flexibility index (Phi) is 2.32. The van der Waals surface area contributed by atoms with Gasteiger partial charge in [0.25, 0.3) is 0 Å². The Balaban J connectivity index is 1.97. The number of fused-ring (bicyclic) bond motifs is 1. The van der Waals surface area contributed by atoms with Crippen molar-refractivity contribution in [1.29, 1.82) is 0 Å². The first-order valence-corrected chi connectivity index (χ1v) is 5.44. The molecule has 1 N–H and O–H groups in total. The van der Waals surface area contributed by atoms with E-state index in [0.717, 1.165) is 11.0 Å². The molecule has 86 valence electrons. The third-order valence-corrected chi connectivity index (χ3v) is 2.67. The molecule has 1 aliphatic rings. The monoisotopic (exact) mass is 229 g/mol. The lowest BCUT2D eigenvalue weighted by Gasteiger charge is -2.26. The predicted octanol–water partition coefficient (Wildman–Crippen LogP) is -0.0390. The summed E-state index contributed by atoms with van der Waals surface area (Å²) >= 11 is 0. The number of carbonyl (C=O) groups excluding carboxylic acids is 1. The summed E-state index contributed by atoms with van der Waals surface area (Å²) in [5, 5.41) is 10.9. The number of nitrogens with zero attached hydrogens (tertiary/aromatic N) is 4. The van der Waals surface area contributed by atoms with Crippen molar-refractivity contribution in [3.8, 4) is 0 Å². The Labute approximate surface area is 97.7 Å². The molecule has 1 saturated heterocycles. The number of para-hydroxylation sites is 1. The second-order valence-electron chi connectivity index (χ2n) is 3.87. The molecule has 6 nitrogen and oxygen atoms in total. The van der Waals surface area contributed by atoms with E-state index in [4.69, 9.17) is 0 Å². The van der Waals surface area contributed by atoms with Gasteiger partial charge in [0.1, 0.15) is 5.52 Å². The van der Waals surface area contributed by atoms with E-state index in [1.54, 1.807) is 0 Å². The molecule has 1 aliphatic heterocycles. The Hall–Kier alpha value is -2.24.